The minimum Gasteiger partial charge on any atom is -0.489 e. The number of hydrogen-bond acceptors (Lipinski definition) is 4. The minimum atomic E-state index is -3.60. The molecule has 0 bridgehead atoms. The molecule has 1 aliphatic rings. The Hall–Kier alpha value is -1.53. The van der Waals surface area contributed by atoms with Crippen LogP contribution in [0.4, 0.5) is 5.69 Å². The third-order valence-corrected chi connectivity index (χ3v) is 4.38. The van der Waals surface area contributed by atoms with Gasteiger partial charge in [-0.25, -0.2) is 8.42 Å². The van der Waals surface area contributed by atoms with E-state index in [1.165, 1.54) is 0 Å². The number of ether oxygens (including phenoxy) is 1. The van der Waals surface area contributed by atoms with Crippen molar-refractivity contribution < 1.29 is 17.9 Å². The lowest BCUT2D eigenvalue weighted by Crippen LogP contribution is -2.25. The van der Waals surface area contributed by atoms with Crippen molar-refractivity contribution in [1.82, 2.24) is 0 Å². The van der Waals surface area contributed by atoms with E-state index >= 15 is 0 Å². The van der Waals surface area contributed by atoms with Crippen molar-refractivity contribution in [2.75, 3.05) is 23.8 Å². The van der Waals surface area contributed by atoms with E-state index in [-0.39, 0.29) is 24.0 Å². The van der Waals surface area contributed by atoms with Crippen molar-refractivity contribution in [2.24, 2.45) is 5.92 Å². The van der Waals surface area contributed by atoms with Crippen molar-refractivity contribution >= 4 is 31.3 Å². The molecule has 0 N–H and O–H groups in total. The first-order chi connectivity index (χ1) is 9.89. The monoisotopic (exact) mass is 329 g/mol. The standard InChI is InChI=1S/C14H16ClNO4S/c1-2-6-20-13-5-3-4-12(8-13)16-9-11(7-14(16)17)10-21(15,18)19/h2-5,8,11H,1,6-7,9-10H2. The fraction of sp³-hybridized carbons (Fsp3) is 0.357. The van der Waals surface area contributed by atoms with Crippen LogP contribution in [-0.4, -0.2) is 33.2 Å². The van der Waals surface area contributed by atoms with Gasteiger partial charge in [0.1, 0.15) is 12.4 Å². The van der Waals surface area contributed by atoms with E-state index in [0.29, 0.717) is 24.6 Å². The van der Waals surface area contributed by atoms with Gasteiger partial charge in [0.25, 0.3) is 0 Å². The van der Waals surface area contributed by atoms with Gasteiger partial charge < -0.3 is 9.64 Å². The normalized spacial score (nSPS) is 18.8. The Morgan fingerprint density at radius 2 is 2.24 bits per heavy atom. The molecule has 1 fully saturated rings. The summed E-state index contributed by atoms with van der Waals surface area (Å²) in [7, 11) is 1.65. The lowest BCUT2D eigenvalue weighted by Gasteiger charge is -2.17. The molecule has 1 aromatic carbocycles. The number of anilines is 1. The summed E-state index contributed by atoms with van der Waals surface area (Å²) in [6, 6.07) is 7.11. The molecular weight excluding hydrogens is 314 g/mol. The second kappa shape index (κ2) is 6.49. The van der Waals surface area contributed by atoms with E-state index in [9.17, 15) is 13.2 Å². The average Bonchev–Trinajstić information content (AvgIpc) is 2.75. The highest BCUT2D eigenvalue weighted by Gasteiger charge is 2.33. The van der Waals surface area contributed by atoms with Gasteiger partial charge in [0.15, 0.2) is 0 Å². The fourth-order valence-electron chi connectivity index (χ4n) is 2.32. The Bertz CT molecular complexity index is 644. The topological polar surface area (TPSA) is 63.7 Å². The van der Waals surface area contributed by atoms with Crippen LogP contribution < -0.4 is 9.64 Å². The highest BCUT2D eigenvalue weighted by Crippen LogP contribution is 2.29. The molecule has 1 aromatic rings. The van der Waals surface area contributed by atoms with E-state index in [0.717, 1.165) is 0 Å². The summed E-state index contributed by atoms with van der Waals surface area (Å²) < 4.78 is 27.7. The van der Waals surface area contributed by atoms with Gasteiger partial charge in [-0.2, -0.15) is 0 Å². The number of hydrogen-bond donors (Lipinski definition) is 0. The summed E-state index contributed by atoms with van der Waals surface area (Å²) in [5.74, 6) is 0.0521. The SMILES string of the molecule is C=CCOc1cccc(N2CC(CS(=O)(=O)Cl)CC2=O)c1. The summed E-state index contributed by atoms with van der Waals surface area (Å²) >= 11 is 0. The van der Waals surface area contributed by atoms with Crippen LogP contribution in [0.25, 0.3) is 0 Å². The van der Waals surface area contributed by atoms with Crippen molar-refractivity contribution in [3.8, 4) is 5.75 Å². The van der Waals surface area contributed by atoms with E-state index < -0.39 is 9.05 Å². The average molecular weight is 330 g/mol. The number of carbonyl (C=O) groups is 1. The molecule has 0 radical (unpaired) electrons. The van der Waals surface area contributed by atoms with Crippen LogP contribution in [0.2, 0.25) is 0 Å². The number of nitrogens with zero attached hydrogens (tertiary/aromatic N) is 1. The van der Waals surface area contributed by atoms with Crippen molar-refractivity contribution in [2.45, 2.75) is 6.42 Å². The van der Waals surface area contributed by atoms with Gasteiger partial charge in [0.2, 0.25) is 15.0 Å². The highest BCUT2D eigenvalue weighted by molar-refractivity contribution is 8.13. The molecule has 1 aliphatic heterocycles. The van der Waals surface area contributed by atoms with Gasteiger partial charge in [0.05, 0.1) is 5.75 Å². The lowest BCUT2D eigenvalue weighted by molar-refractivity contribution is -0.117. The summed E-state index contributed by atoms with van der Waals surface area (Å²) in [4.78, 5) is 13.6. The molecule has 1 saturated heterocycles. The Morgan fingerprint density at radius 3 is 2.90 bits per heavy atom. The Labute approximate surface area is 128 Å². The van der Waals surface area contributed by atoms with E-state index in [4.69, 9.17) is 15.4 Å². The van der Waals surface area contributed by atoms with Crippen LogP contribution in [0.15, 0.2) is 36.9 Å². The zero-order valence-electron chi connectivity index (χ0n) is 11.4. The van der Waals surface area contributed by atoms with Crippen molar-refractivity contribution in [1.29, 1.82) is 0 Å². The van der Waals surface area contributed by atoms with E-state index in [1.807, 2.05) is 0 Å². The first-order valence-electron chi connectivity index (χ1n) is 6.45. The molecule has 7 heteroatoms. The van der Waals surface area contributed by atoms with Gasteiger partial charge in [-0.3, -0.25) is 4.79 Å². The Kier molecular flexibility index (Phi) is 4.90. The maximum atomic E-state index is 12.0. The Morgan fingerprint density at radius 1 is 1.48 bits per heavy atom. The van der Waals surface area contributed by atoms with Crippen LogP contribution in [-0.2, 0) is 13.8 Å². The second-order valence-electron chi connectivity index (χ2n) is 4.88. The summed E-state index contributed by atoms with van der Waals surface area (Å²) in [6.07, 6.45) is 1.82. The predicted octanol–water partition coefficient (Wildman–Crippen LogP) is 2.17. The largest absolute Gasteiger partial charge is 0.489 e. The molecule has 0 aromatic heterocycles. The van der Waals surface area contributed by atoms with Crippen molar-refractivity contribution in [3.63, 3.8) is 0 Å². The number of benzene rings is 1. The fourth-order valence-corrected chi connectivity index (χ4v) is 3.64. The van der Waals surface area contributed by atoms with E-state index in [2.05, 4.69) is 6.58 Å². The Balaban J connectivity index is 2.11. The van der Waals surface area contributed by atoms with Crippen LogP contribution in [0.3, 0.4) is 0 Å². The highest BCUT2D eigenvalue weighted by atomic mass is 35.7. The summed E-state index contributed by atoms with van der Waals surface area (Å²) in [5, 5.41) is 0. The molecule has 1 atom stereocenters. The predicted molar refractivity (Wildman–Crippen MR) is 82.2 cm³/mol. The zero-order chi connectivity index (χ0) is 15.5. The first kappa shape index (κ1) is 15.9. The van der Waals surface area contributed by atoms with E-state index in [1.54, 1.807) is 35.2 Å². The number of carbonyl (C=O) groups excluding carboxylic acids is 1. The molecule has 1 heterocycles. The number of rotatable bonds is 6. The molecule has 2 rings (SSSR count). The minimum absolute atomic E-state index is 0.110. The molecule has 0 saturated carbocycles. The summed E-state index contributed by atoms with van der Waals surface area (Å²) in [5.41, 5.74) is 0.691. The zero-order valence-corrected chi connectivity index (χ0v) is 12.9. The van der Waals surface area contributed by atoms with Crippen LogP contribution in [0, 0.1) is 5.92 Å². The molecule has 0 spiro atoms. The van der Waals surface area contributed by atoms with Gasteiger partial charge in [-0.15, -0.1) is 0 Å². The third-order valence-electron chi connectivity index (χ3n) is 3.14. The molecule has 1 unspecified atom stereocenters. The molecule has 1 amide bonds. The lowest BCUT2D eigenvalue weighted by atomic mass is 10.1. The van der Waals surface area contributed by atoms with Gasteiger partial charge in [-0.05, 0) is 12.1 Å². The maximum Gasteiger partial charge on any atom is 0.232 e. The smallest absolute Gasteiger partial charge is 0.232 e. The molecule has 0 aliphatic carbocycles. The number of amides is 1. The van der Waals surface area contributed by atoms with Gasteiger partial charge >= 0.3 is 0 Å². The van der Waals surface area contributed by atoms with Crippen LogP contribution in [0.1, 0.15) is 6.42 Å². The van der Waals surface area contributed by atoms with Crippen LogP contribution in [0.5, 0.6) is 5.75 Å². The summed E-state index contributed by atoms with van der Waals surface area (Å²) in [6.45, 7) is 4.30. The molecular formula is C14H16ClNO4S. The quantitative estimate of drug-likeness (QED) is 0.592. The molecule has 114 valence electrons. The maximum absolute atomic E-state index is 12.0. The van der Waals surface area contributed by atoms with Gasteiger partial charge in [0, 0.05) is 41.3 Å². The first-order valence-corrected chi connectivity index (χ1v) is 8.93. The third kappa shape index (κ3) is 4.47. The molecule has 21 heavy (non-hydrogen) atoms. The van der Waals surface area contributed by atoms with Crippen LogP contribution >= 0.6 is 10.7 Å². The second-order valence-corrected chi connectivity index (χ2v) is 7.70. The van der Waals surface area contributed by atoms with Gasteiger partial charge in [-0.1, -0.05) is 18.7 Å². The van der Waals surface area contributed by atoms with Crippen molar-refractivity contribution in [3.05, 3.63) is 36.9 Å². The molecule has 5 nitrogen and oxygen atoms in total. The number of halogens is 1.